The van der Waals surface area contributed by atoms with Crippen LogP contribution in [0.5, 0.6) is 0 Å². The van der Waals surface area contributed by atoms with Gasteiger partial charge in [0.1, 0.15) is 0 Å². The molecule has 0 heterocycles. The fourth-order valence-electron chi connectivity index (χ4n) is 0. The highest BCUT2D eigenvalue weighted by Gasteiger charge is 2.03. The molecule has 0 spiro atoms. The van der Waals surface area contributed by atoms with Gasteiger partial charge in [0, 0.05) is 0 Å². The largest absolute Gasteiger partial charge is 0.0602 e. The maximum atomic E-state index is 3.76. The molecule has 0 bridgehead atoms. The molecule has 0 heteroatoms. The second-order valence-electron chi connectivity index (χ2n) is 2.81. The third-order valence-corrected chi connectivity index (χ3v) is 0.750. The number of hydrogen-bond donors (Lipinski definition) is 0. The molecule has 0 N–H and O–H groups in total. The maximum absolute atomic E-state index is 3.76. The summed E-state index contributed by atoms with van der Waals surface area (Å²) in [5.41, 5.74) is 0.431. The quantitative estimate of drug-likeness (QED) is 0.423. The van der Waals surface area contributed by atoms with Gasteiger partial charge in [-0.1, -0.05) is 27.7 Å². The van der Waals surface area contributed by atoms with Crippen molar-refractivity contribution in [3.8, 4) is 0 Å². The third-order valence-electron chi connectivity index (χ3n) is 0.750. The second kappa shape index (κ2) is 1.63. The van der Waals surface area contributed by atoms with Gasteiger partial charge >= 0.3 is 0 Å². The molecule has 0 saturated carbocycles. The smallest absolute Gasteiger partial charge is 0.0383 e. The van der Waals surface area contributed by atoms with Crippen LogP contribution < -0.4 is 0 Å². The van der Waals surface area contributed by atoms with Crippen molar-refractivity contribution < 1.29 is 0 Å². The Morgan fingerprint density at radius 1 is 1.33 bits per heavy atom. The van der Waals surface area contributed by atoms with Crippen LogP contribution in [-0.4, -0.2) is 0 Å². The predicted molar refractivity (Wildman–Crippen MR) is 29.4 cm³/mol. The Balaban J connectivity index is 3.17. The van der Waals surface area contributed by atoms with Gasteiger partial charge < -0.3 is 0 Å². The molecule has 0 aliphatic carbocycles. The van der Waals surface area contributed by atoms with Gasteiger partial charge in [0.15, 0.2) is 0 Å². The van der Waals surface area contributed by atoms with E-state index in [-0.39, 0.29) is 0 Å². The standard InChI is InChI=1S/C6H13/c1-5-6(2,3)4/h1,5H2,2-4H3. The van der Waals surface area contributed by atoms with Crippen molar-refractivity contribution in [3.63, 3.8) is 0 Å². The average molecular weight is 85.2 g/mol. The van der Waals surface area contributed by atoms with Gasteiger partial charge in [0.25, 0.3) is 0 Å². The molecule has 0 aliphatic heterocycles. The summed E-state index contributed by atoms with van der Waals surface area (Å²) in [6.45, 7) is 10.3. The van der Waals surface area contributed by atoms with Crippen molar-refractivity contribution in [2.75, 3.05) is 0 Å². The van der Waals surface area contributed by atoms with E-state index in [0.717, 1.165) is 6.42 Å². The van der Waals surface area contributed by atoms with Gasteiger partial charge in [-0.2, -0.15) is 0 Å². The van der Waals surface area contributed by atoms with Crippen LogP contribution in [0.2, 0.25) is 0 Å². The zero-order valence-corrected chi connectivity index (χ0v) is 4.91. The minimum Gasteiger partial charge on any atom is -0.0602 e. The first-order valence-electron chi connectivity index (χ1n) is 2.35. The highest BCUT2D eigenvalue weighted by molar-refractivity contribution is 4.60. The molecule has 1 radical (unpaired) electrons. The Labute approximate surface area is 40.6 Å². The SMILES string of the molecule is [CH2]CC(C)(C)C. The molecular weight excluding hydrogens is 72.1 g/mol. The minimum absolute atomic E-state index is 0.431. The van der Waals surface area contributed by atoms with Crippen molar-refractivity contribution in [3.05, 3.63) is 6.92 Å². The molecule has 0 aromatic carbocycles. The van der Waals surface area contributed by atoms with E-state index in [4.69, 9.17) is 0 Å². The van der Waals surface area contributed by atoms with E-state index in [0.29, 0.717) is 5.41 Å². The molecule has 0 amide bonds. The fourth-order valence-corrected chi connectivity index (χ4v) is 0. The Kier molecular flexibility index (Phi) is 1.63. The van der Waals surface area contributed by atoms with Crippen LogP contribution in [0.4, 0.5) is 0 Å². The third kappa shape index (κ3) is 4.00. The zero-order valence-electron chi connectivity index (χ0n) is 4.91. The highest BCUT2D eigenvalue weighted by atomic mass is 14.1. The molecule has 0 fully saturated rings. The molecule has 0 rings (SSSR count). The van der Waals surface area contributed by atoms with E-state index in [1.165, 1.54) is 0 Å². The molecule has 0 aromatic rings. The molecule has 0 nitrogen and oxygen atoms in total. The van der Waals surface area contributed by atoms with Crippen molar-refractivity contribution >= 4 is 0 Å². The van der Waals surface area contributed by atoms with Gasteiger partial charge in [-0.05, 0) is 11.8 Å². The van der Waals surface area contributed by atoms with Crippen LogP contribution >= 0.6 is 0 Å². The number of hydrogen-bond acceptors (Lipinski definition) is 0. The topological polar surface area (TPSA) is 0 Å². The Morgan fingerprint density at radius 3 is 1.50 bits per heavy atom. The minimum atomic E-state index is 0.431. The van der Waals surface area contributed by atoms with Crippen molar-refractivity contribution in [1.29, 1.82) is 0 Å². The lowest BCUT2D eigenvalue weighted by Crippen LogP contribution is -2.00. The van der Waals surface area contributed by atoms with Crippen LogP contribution in [0.3, 0.4) is 0 Å². The normalized spacial score (nSPS) is 12.0. The van der Waals surface area contributed by atoms with Crippen LogP contribution in [0.1, 0.15) is 27.2 Å². The van der Waals surface area contributed by atoms with Gasteiger partial charge in [-0.3, -0.25) is 0 Å². The van der Waals surface area contributed by atoms with E-state index >= 15 is 0 Å². The first kappa shape index (κ1) is 6.00. The van der Waals surface area contributed by atoms with Gasteiger partial charge in [0.05, 0.1) is 0 Å². The van der Waals surface area contributed by atoms with Crippen LogP contribution in [0, 0.1) is 12.3 Å². The first-order valence-corrected chi connectivity index (χ1v) is 2.35. The Bertz CT molecular complexity index is 29.8. The average Bonchev–Trinajstić information content (AvgIpc) is 1.35. The van der Waals surface area contributed by atoms with E-state index in [1.54, 1.807) is 0 Å². The van der Waals surface area contributed by atoms with Gasteiger partial charge in [0.2, 0.25) is 0 Å². The van der Waals surface area contributed by atoms with E-state index < -0.39 is 0 Å². The molecule has 0 aliphatic rings. The summed E-state index contributed by atoms with van der Waals surface area (Å²) in [7, 11) is 0. The van der Waals surface area contributed by atoms with E-state index in [9.17, 15) is 0 Å². The molecule has 0 unspecified atom stereocenters. The number of rotatable bonds is 0. The molecular formula is C6H13. The summed E-state index contributed by atoms with van der Waals surface area (Å²) in [5.74, 6) is 0. The molecule has 0 aromatic heterocycles. The summed E-state index contributed by atoms with van der Waals surface area (Å²) in [5, 5.41) is 0. The summed E-state index contributed by atoms with van der Waals surface area (Å²) in [6.07, 6.45) is 1.02. The monoisotopic (exact) mass is 85.1 g/mol. The lowest BCUT2D eigenvalue weighted by Gasteiger charge is -2.12. The summed E-state index contributed by atoms with van der Waals surface area (Å²) in [6, 6.07) is 0. The fraction of sp³-hybridized carbons (Fsp3) is 0.833. The highest BCUT2D eigenvalue weighted by Crippen LogP contribution is 2.15. The first-order chi connectivity index (χ1) is 2.56. The van der Waals surface area contributed by atoms with Crippen LogP contribution in [0.25, 0.3) is 0 Å². The van der Waals surface area contributed by atoms with Crippen molar-refractivity contribution in [2.45, 2.75) is 27.2 Å². The Hall–Kier alpha value is 0. The second-order valence-corrected chi connectivity index (χ2v) is 2.81. The molecule has 0 saturated heterocycles. The lowest BCUT2D eigenvalue weighted by atomic mass is 9.94. The summed E-state index contributed by atoms with van der Waals surface area (Å²) in [4.78, 5) is 0. The maximum Gasteiger partial charge on any atom is -0.0383 e. The van der Waals surface area contributed by atoms with Gasteiger partial charge in [-0.25, -0.2) is 0 Å². The van der Waals surface area contributed by atoms with Crippen LogP contribution in [-0.2, 0) is 0 Å². The lowest BCUT2D eigenvalue weighted by molar-refractivity contribution is 0.419. The Morgan fingerprint density at radius 2 is 1.50 bits per heavy atom. The zero-order chi connectivity index (χ0) is 5.21. The van der Waals surface area contributed by atoms with Crippen molar-refractivity contribution in [1.82, 2.24) is 0 Å². The molecule has 6 heavy (non-hydrogen) atoms. The van der Waals surface area contributed by atoms with E-state index in [1.807, 2.05) is 0 Å². The van der Waals surface area contributed by atoms with E-state index in [2.05, 4.69) is 27.7 Å². The van der Waals surface area contributed by atoms with Crippen LogP contribution in [0.15, 0.2) is 0 Å². The molecule has 0 atom stereocenters. The van der Waals surface area contributed by atoms with Gasteiger partial charge in [-0.15, -0.1) is 0 Å². The molecule has 37 valence electrons. The summed E-state index contributed by atoms with van der Waals surface area (Å²) < 4.78 is 0. The summed E-state index contributed by atoms with van der Waals surface area (Å²) >= 11 is 0. The predicted octanol–water partition coefficient (Wildman–Crippen LogP) is 2.26. The van der Waals surface area contributed by atoms with Crippen molar-refractivity contribution in [2.24, 2.45) is 5.41 Å².